The van der Waals surface area contributed by atoms with Crippen LogP contribution < -0.4 is 14.7 Å². The van der Waals surface area contributed by atoms with Crippen LogP contribution in [0.4, 0.5) is 5.69 Å². The standard InChI is InChI=1S/C20H22ClN3O4/c1-28-19-7-3-2-6-16(19)18(23-8-4-5-9-23)13-22-12-14-10-15(21)11-17(20(14)25)24(26)27/h2-3,6-7,10-12,18,25H,4-5,8-9,13H2,1H3/t18-/m0/s1. The van der Waals surface area contributed by atoms with Gasteiger partial charge in [-0.25, -0.2) is 0 Å². The molecule has 0 saturated carbocycles. The van der Waals surface area contributed by atoms with Gasteiger partial charge >= 0.3 is 0 Å². The van der Waals surface area contributed by atoms with Crippen LogP contribution in [0.1, 0.15) is 30.0 Å². The lowest BCUT2D eigenvalue weighted by Crippen LogP contribution is -3.10. The molecule has 8 heteroatoms. The van der Waals surface area contributed by atoms with E-state index < -0.39 is 16.4 Å². The van der Waals surface area contributed by atoms with E-state index in [9.17, 15) is 15.2 Å². The average Bonchev–Trinajstić information content (AvgIpc) is 3.21. The Kier molecular flexibility index (Phi) is 6.49. The molecule has 3 rings (SSSR count). The average molecular weight is 404 g/mol. The fraction of sp³-hybridized carbons (Fsp3) is 0.350. The van der Waals surface area contributed by atoms with Gasteiger partial charge in [-0.1, -0.05) is 23.7 Å². The Balaban J connectivity index is 1.87. The van der Waals surface area contributed by atoms with E-state index in [2.05, 4.69) is 4.99 Å². The fourth-order valence-electron chi connectivity index (χ4n) is 3.67. The summed E-state index contributed by atoms with van der Waals surface area (Å²) in [7, 11) is 1.65. The summed E-state index contributed by atoms with van der Waals surface area (Å²) in [5.74, 6) is 0.130. The van der Waals surface area contributed by atoms with Crippen molar-refractivity contribution in [2.75, 3.05) is 26.7 Å². The van der Waals surface area contributed by atoms with Gasteiger partial charge in [-0.15, -0.1) is 0 Å². The third-order valence-electron chi connectivity index (χ3n) is 5.03. The van der Waals surface area contributed by atoms with Crippen LogP contribution in [0, 0.1) is 10.1 Å². The highest BCUT2D eigenvalue weighted by molar-refractivity contribution is 6.31. The van der Waals surface area contributed by atoms with Gasteiger partial charge in [0.15, 0.2) is 0 Å². The number of likely N-dealkylation sites (tertiary alicyclic amines) is 1. The van der Waals surface area contributed by atoms with Gasteiger partial charge in [0.05, 0.1) is 37.2 Å². The lowest BCUT2D eigenvalue weighted by molar-refractivity contribution is -0.918. The first-order valence-electron chi connectivity index (χ1n) is 9.13. The molecule has 0 bridgehead atoms. The summed E-state index contributed by atoms with van der Waals surface area (Å²) in [6.07, 6.45) is 3.71. The Morgan fingerprint density at radius 1 is 1.32 bits per heavy atom. The highest BCUT2D eigenvalue weighted by Gasteiger charge is 2.29. The number of nitrogens with zero attached hydrogens (tertiary/aromatic N) is 2. The predicted molar refractivity (Wildman–Crippen MR) is 106 cm³/mol. The van der Waals surface area contributed by atoms with E-state index in [1.165, 1.54) is 17.2 Å². The second-order valence-electron chi connectivity index (χ2n) is 6.75. The first-order chi connectivity index (χ1) is 13.5. The number of methoxy groups -OCH3 is 1. The number of hydrogen-bond donors (Lipinski definition) is 1. The molecule has 2 aromatic carbocycles. The molecule has 1 atom stereocenters. The molecule has 0 spiro atoms. The van der Waals surface area contributed by atoms with Gasteiger partial charge in [-0.3, -0.25) is 15.1 Å². The zero-order chi connectivity index (χ0) is 20.1. The molecule has 0 aromatic heterocycles. The van der Waals surface area contributed by atoms with Crippen LogP contribution in [-0.4, -0.2) is 37.9 Å². The van der Waals surface area contributed by atoms with Crippen molar-refractivity contribution in [3.63, 3.8) is 0 Å². The van der Waals surface area contributed by atoms with Crippen LogP contribution >= 0.6 is 11.6 Å². The second kappa shape index (κ2) is 9.03. The lowest BCUT2D eigenvalue weighted by Gasteiger charge is -2.25. The minimum absolute atomic E-state index is 0.0826. The number of nitro groups is 1. The molecule has 2 aromatic rings. The molecule has 1 N–H and O–H groups in total. The largest absolute Gasteiger partial charge is 0.867 e. The molecule has 1 fully saturated rings. The lowest BCUT2D eigenvalue weighted by atomic mass is 10.0. The maximum absolute atomic E-state index is 12.2. The van der Waals surface area contributed by atoms with E-state index in [1.54, 1.807) is 7.11 Å². The number of rotatable bonds is 7. The summed E-state index contributed by atoms with van der Waals surface area (Å²) < 4.78 is 5.52. The molecule has 1 aliphatic rings. The fourth-order valence-corrected chi connectivity index (χ4v) is 3.89. The van der Waals surface area contributed by atoms with E-state index in [4.69, 9.17) is 16.3 Å². The topological polar surface area (TPSA) is 92.2 Å². The Hall–Kier alpha value is -2.64. The normalized spacial score (nSPS) is 15.8. The molecule has 1 saturated heterocycles. The smallest absolute Gasteiger partial charge is 0.263 e. The number of halogens is 1. The van der Waals surface area contributed by atoms with Crippen molar-refractivity contribution in [1.29, 1.82) is 0 Å². The monoisotopic (exact) mass is 403 g/mol. The van der Waals surface area contributed by atoms with Crippen LogP contribution in [0.15, 0.2) is 41.4 Å². The summed E-state index contributed by atoms with van der Waals surface area (Å²) in [6, 6.07) is 10.4. The molecule has 0 radical (unpaired) electrons. The van der Waals surface area contributed by atoms with Crippen molar-refractivity contribution in [3.8, 4) is 11.5 Å². The minimum atomic E-state index is -0.725. The summed E-state index contributed by atoms with van der Waals surface area (Å²) in [5, 5.41) is 23.4. The molecule has 0 amide bonds. The molecule has 1 aliphatic heterocycles. The summed E-state index contributed by atoms with van der Waals surface area (Å²) >= 11 is 5.92. The van der Waals surface area contributed by atoms with Gasteiger partial charge in [0, 0.05) is 30.1 Å². The van der Waals surface area contributed by atoms with Gasteiger partial charge in [0.1, 0.15) is 11.8 Å². The number of para-hydroxylation sites is 1. The van der Waals surface area contributed by atoms with E-state index in [1.807, 2.05) is 24.3 Å². The molecule has 1 heterocycles. The maximum atomic E-state index is 12.2. The Morgan fingerprint density at radius 2 is 2.04 bits per heavy atom. The molecular weight excluding hydrogens is 382 g/mol. The Bertz CT molecular complexity index is 882. The second-order valence-corrected chi connectivity index (χ2v) is 7.19. The van der Waals surface area contributed by atoms with Crippen molar-refractivity contribution in [2.24, 2.45) is 4.99 Å². The number of ether oxygens (including phenoxy) is 1. The van der Waals surface area contributed by atoms with Gasteiger partial charge in [-0.05, 0) is 29.5 Å². The van der Waals surface area contributed by atoms with E-state index in [0.29, 0.717) is 6.54 Å². The van der Waals surface area contributed by atoms with Gasteiger partial charge in [0.2, 0.25) is 0 Å². The number of nitrogens with one attached hydrogen (secondary N) is 1. The predicted octanol–water partition coefficient (Wildman–Crippen LogP) is 2.17. The van der Waals surface area contributed by atoms with E-state index in [0.717, 1.165) is 43.3 Å². The molecular formula is C20H22ClN3O4. The van der Waals surface area contributed by atoms with Crippen LogP contribution in [0.2, 0.25) is 5.02 Å². The quantitative estimate of drug-likeness (QED) is 0.435. The Morgan fingerprint density at radius 3 is 2.71 bits per heavy atom. The van der Waals surface area contributed by atoms with Crippen molar-refractivity contribution in [1.82, 2.24) is 0 Å². The summed E-state index contributed by atoms with van der Waals surface area (Å²) in [4.78, 5) is 16.2. The Labute approximate surface area is 168 Å². The highest BCUT2D eigenvalue weighted by Crippen LogP contribution is 2.30. The number of quaternary nitrogens is 1. The molecule has 0 aliphatic carbocycles. The third-order valence-corrected chi connectivity index (χ3v) is 5.25. The molecule has 0 unspecified atom stereocenters. The summed E-state index contributed by atoms with van der Waals surface area (Å²) in [6.45, 7) is 2.54. The van der Waals surface area contributed by atoms with Gasteiger partial charge < -0.3 is 14.7 Å². The molecule has 7 nitrogen and oxygen atoms in total. The van der Waals surface area contributed by atoms with Crippen molar-refractivity contribution < 1.29 is 19.7 Å². The van der Waals surface area contributed by atoms with Crippen LogP contribution in [0.5, 0.6) is 11.5 Å². The SMILES string of the molecule is COc1ccccc1[C@H](CN=Cc1cc(Cl)cc([N+](=O)[O-])c1[O-])[NH+]1CCCC1. The molecule has 28 heavy (non-hydrogen) atoms. The maximum Gasteiger partial charge on any atom is 0.263 e. The van der Waals surface area contributed by atoms with Crippen molar-refractivity contribution in [2.45, 2.75) is 18.9 Å². The number of nitro benzene ring substituents is 1. The van der Waals surface area contributed by atoms with Gasteiger partial charge in [-0.2, -0.15) is 0 Å². The van der Waals surface area contributed by atoms with Gasteiger partial charge in [0.25, 0.3) is 5.69 Å². The number of hydrogen-bond acceptors (Lipinski definition) is 5. The minimum Gasteiger partial charge on any atom is -0.867 e. The van der Waals surface area contributed by atoms with Crippen LogP contribution in [0.3, 0.4) is 0 Å². The first-order valence-corrected chi connectivity index (χ1v) is 9.51. The van der Waals surface area contributed by atoms with Crippen LogP contribution in [0.25, 0.3) is 0 Å². The highest BCUT2D eigenvalue weighted by atomic mass is 35.5. The van der Waals surface area contributed by atoms with Crippen molar-refractivity contribution in [3.05, 3.63) is 62.7 Å². The zero-order valence-electron chi connectivity index (χ0n) is 15.6. The first kappa shape index (κ1) is 20.1. The van der Waals surface area contributed by atoms with Crippen LogP contribution in [-0.2, 0) is 0 Å². The zero-order valence-corrected chi connectivity index (χ0v) is 16.3. The van der Waals surface area contributed by atoms with Crippen molar-refractivity contribution >= 4 is 23.5 Å². The number of aliphatic imine (C=N–C) groups is 1. The van der Waals surface area contributed by atoms with E-state index >= 15 is 0 Å². The molecule has 148 valence electrons. The number of benzene rings is 2. The van der Waals surface area contributed by atoms with E-state index in [-0.39, 0.29) is 16.6 Å². The third kappa shape index (κ3) is 4.43. The summed E-state index contributed by atoms with van der Waals surface area (Å²) in [5.41, 5.74) is 0.647.